The van der Waals surface area contributed by atoms with E-state index in [0.29, 0.717) is 0 Å². The molecule has 0 aliphatic rings. The Morgan fingerprint density at radius 1 is 1.38 bits per heavy atom. The summed E-state index contributed by atoms with van der Waals surface area (Å²) in [5.74, 6) is -0.656. The maximum Gasteiger partial charge on any atom is 0.300 e. The molecule has 1 rings (SSSR count). The monoisotopic (exact) mass is 307 g/mol. The first-order valence-electron chi connectivity index (χ1n) is 5.84. The molecule has 1 amide bonds. The van der Waals surface area contributed by atoms with Crippen LogP contribution in [0.2, 0.25) is 5.15 Å². The molecule has 0 aromatic carbocycles. The smallest absolute Gasteiger partial charge is 0.300 e. The summed E-state index contributed by atoms with van der Waals surface area (Å²) < 4.78 is 0. The maximum absolute atomic E-state index is 12.4. The van der Waals surface area contributed by atoms with E-state index in [2.05, 4.69) is 4.98 Å². The summed E-state index contributed by atoms with van der Waals surface area (Å²) in [6, 6.07) is 4.87. The first-order chi connectivity index (χ1) is 10.0. The van der Waals surface area contributed by atoms with Crippen LogP contribution in [0.5, 0.6) is 0 Å². The van der Waals surface area contributed by atoms with E-state index in [0.717, 1.165) is 12.3 Å². The lowest BCUT2D eigenvalue weighted by Crippen LogP contribution is -2.33. The number of pyridine rings is 1. The number of aromatic nitrogens is 1. The highest BCUT2D eigenvalue weighted by Crippen LogP contribution is 2.22. The predicted molar refractivity (Wildman–Crippen MR) is 72.3 cm³/mol. The molecule has 21 heavy (non-hydrogen) atoms. The van der Waals surface area contributed by atoms with Crippen molar-refractivity contribution in [2.45, 2.75) is 12.8 Å². The third kappa shape index (κ3) is 4.41. The van der Waals surface area contributed by atoms with E-state index in [1.807, 2.05) is 12.1 Å². The fourth-order valence-electron chi connectivity index (χ4n) is 1.59. The molecular formula is C12H10ClN5O3. The molecule has 0 aliphatic carbocycles. The van der Waals surface area contributed by atoms with Crippen LogP contribution in [0.25, 0.3) is 0 Å². The molecule has 0 aliphatic heterocycles. The summed E-state index contributed by atoms with van der Waals surface area (Å²) in [7, 11) is 0. The van der Waals surface area contributed by atoms with E-state index >= 15 is 0 Å². The number of hydrogen-bond acceptors (Lipinski definition) is 6. The largest absolute Gasteiger partial charge is 0.336 e. The molecule has 0 fully saturated rings. The molecule has 0 atom stereocenters. The Labute approximate surface area is 125 Å². The van der Waals surface area contributed by atoms with Gasteiger partial charge in [0.1, 0.15) is 16.9 Å². The lowest BCUT2D eigenvalue weighted by atomic mass is 10.2. The van der Waals surface area contributed by atoms with Crippen LogP contribution in [0.4, 0.5) is 5.69 Å². The predicted octanol–water partition coefficient (Wildman–Crippen LogP) is 1.91. The van der Waals surface area contributed by atoms with Crippen LogP contribution in [0.1, 0.15) is 23.2 Å². The zero-order chi connectivity index (χ0) is 15.8. The van der Waals surface area contributed by atoms with Crippen LogP contribution in [-0.2, 0) is 0 Å². The van der Waals surface area contributed by atoms with E-state index in [-0.39, 0.29) is 36.6 Å². The summed E-state index contributed by atoms with van der Waals surface area (Å²) in [5.41, 5.74) is -0.681. The zero-order valence-electron chi connectivity index (χ0n) is 10.8. The second-order valence-corrected chi connectivity index (χ2v) is 4.28. The number of rotatable bonds is 6. The van der Waals surface area contributed by atoms with Gasteiger partial charge in [0.25, 0.3) is 11.6 Å². The van der Waals surface area contributed by atoms with E-state index in [1.54, 1.807) is 0 Å². The van der Waals surface area contributed by atoms with Gasteiger partial charge in [-0.25, -0.2) is 4.98 Å². The molecule has 8 nitrogen and oxygen atoms in total. The minimum atomic E-state index is -0.733. The van der Waals surface area contributed by atoms with Crippen LogP contribution < -0.4 is 0 Å². The SMILES string of the molecule is N#CCCN(CCC#N)C(=O)c1cc(Cl)ncc1[N+](=O)[O-]. The molecule has 1 aromatic heterocycles. The van der Waals surface area contributed by atoms with Gasteiger partial charge in [-0.05, 0) is 6.07 Å². The van der Waals surface area contributed by atoms with Gasteiger partial charge >= 0.3 is 0 Å². The first kappa shape index (κ1) is 16.3. The van der Waals surface area contributed by atoms with Crippen LogP contribution >= 0.6 is 11.6 Å². The number of nitrogens with zero attached hydrogens (tertiary/aromatic N) is 5. The van der Waals surface area contributed by atoms with Crippen molar-refractivity contribution >= 4 is 23.2 Å². The highest BCUT2D eigenvalue weighted by Gasteiger charge is 2.25. The Kier molecular flexibility index (Phi) is 6.05. The number of amides is 1. The molecule has 108 valence electrons. The van der Waals surface area contributed by atoms with Gasteiger partial charge in [0.05, 0.1) is 29.9 Å². The Hall–Kier alpha value is -2.71. The van der Waals surface area contributed by atoms with Crippen molar-refractivity contribution < 1.29 is 9.72 Å². The molecule has 0 unspecified atom stereocenters. The van der Waals surface area contributed by atoms with Gasteiger partial charge in [-0.2, -0.15) is 10.5 Å². The van der Waals surface area contributed by atoms with Crippen LogP contribution in [0.3, 0.4) is 0 Å². The number of carbonyl (C=O) groups is 1. The summed E-state index contributed by atoms with van der Waals surface area (Å²) in [5, 5.41) is 28.1. The Morgan fingerprint density at radius 2 is 1.95 bits per heavy atom. The zero-order valence-corrected chi connectivity index (χ0v) is 11.6. The highest BCUT2D eigenvalue weighted by atomic mass is 35.5. The maximum atomic E-state index is 12.4. The van der Waals surface area contributed by atoms with Crippen LogP contribution in [-0.4, -0.2) is 33.8 Å². The van der Waals surface area contributed by atoms with Gasteiger partial charge in [0.15, 0.2) is 0 Å². The molecule has 0 saturated carbocycles. The van der Waals surface area contributed by atoms with Gasteiger partial charge in [0.2, 0.25) is 0 Å². The summed E-state index contributed by atoms with van der Waals surface area (Å²) in [6.07, 6.45) is 1.02. The minimum absolute atomic E-state index is 0.0514. The summed E-state index contributed by atoms with van der Waals surface area (Å²) in [4.78, 5) is 27.3. The van der Waals surface area contributed by atoms with Crippen molar-refractivity contribution in [3.63, 3.8) is 0 Å². The standard InChI is InChI=1S/C12H10ClN5O3/c13-11-7-9(10(8-16-11)18(20)21)12(19)17(5-1-3-14)6-2-4-15/h7-8H,1-2,5-6H2. The molecule has 1 heterocycles. The van der Waals surface area contributed by atoms with Crippen molar-refractivity contribution in [2.75, 3.05) is 13.1 Å². The summed E-state index contributed by atoms with van der Waals surface area (Å²) in [6.45, 7) is 0.155. The van der Waals surface area contributed by atoms with Crippen molar-refractivity contribution in [3.05, 3.63) is 33.1 Å². The fraction of sp³-hybridized carbons (Fsp3) is 0.333. The van der Waals surface area contributed by atoms with E-state index in [1.165, 1.54) is 4.90 Å². The normalized spacial score (nSPS) is 9.48. The van der Waals surface area contributed by atoms with Crippen molar-refractivity contribution in [3.8, 4) is 12.1 Å². The van der Waals surface area contributed by atoms with E-state index in [9.17, 15) is 14.9 Å². The average molecular weight is 308 g/mol. The molecule has 9 heteroatoms. The number of carbonyl (C=O) groups excluding carboxylic acids is 1. The van der Waals surface area contributed by atoms with E-state index < -0.39 is 16.5 Å². The van der Waals surface area contributed by atoms with Gasteiger partial charge in [-0.1, -0.05) is 11.6 Å². The van der Waals surface area contributed by atoms with Crippen molar-refractivity contribution in [2.24, 2.45) is 0 Å². The van der Waals surface area contributed by atoms with Crippen molar-refractivity contribution in [1.29, 1.82) is 10.5 Å². The van der Waals surface area contributed by atoms with Crippen LogP contribution in [0.15, 0.2) is 12.3 Å². The first-order valence-corrected chi connectivity index (χ1v) is 6.22. The van der Waals surface area contributed by atoms with Gasteiger partial charge in [-0.3, -0.25) is 14.9 Å². The van der Waals surface area contributed by atoms with E-state index in [4.69, 9.17) is 22.1 Å². The Morgan fingerprint density at radius 3 is 2.43 bits per heavy atom. The Bertz CT molecular complexity index is 617. The topological polar surface area (TPSA) is 124 Å². The average Bonchev–Trinajstić information content (AvgIpc) is 2.46. The van der Waals surface area contributed by atoms with Crippen LogP contribution in [0, 0.1) is 32.8 Å². The Balaban J connectivity index is 3.13. The third-order valence-corrected chi connectivity index (χ3v) is 2.76. The second-order valence-electron chi connectivity index (χ2n) is 3.89. The molecule has 0 saturated heterocycles. The van der Waals surface area contributed by atoms with Gasteiger partial charge in [0, 0.05) is 13.1 Å². The molecule has 0 bridgehead atoms. The highest BCUT2D eigenvalue weighted by molar-refractivity contribution is 6.29. The fourth-order valence-corrected chi connectivity index (χ4v) is 1.75. The lowest BCUT2D eigenvalue weighted by molar-refractivity contribution is -0.385. The van der Waals surface area contributed by atoms with Gasteiger partial charge < -0.3 is 4.90 Å². The molecular weight excluding hydrogens is 298 g/mol. The van der Waals surface area contributed by atoms with Crippen molar-refractivity contribution in [1.82, 2.24) is 9.88 Å². The third-order valence-electron chi connectivity index (χ3n) is 2.55. The second kappa shape index (κ2) is 7.78. The molecule has 0 spiro atoms. The van der Waals surface area contributed by atoms with Gasteiger partial charge in [-0.15, -0.1) is 0 Å². The number of nitro groups is 1. The number of halogens is 1. The number of nitriles is 2. The summed E-state index contributed by atoms with van der Waals surface area (Å²) >= 11 is 5.67. The molecule has 0 radical (unpaired) electrons. The quantitative estimate of drug-likeness (QED) is 0.449. The molecule has 1 aromatic rings. The molecule has 0 N–H and O–H groups in total. The number of hydrogen-bond donors (Lipinski definition) is 0. The lowest BCUT2D eigenvalue weighted by Gasteiger charge is -2.20. The minimum Gasteiger partial charge on any atom is -0.336 e.